The summed E-state index contributed by atoms with van der Waals surface area (Å²) in [6, 6.07) is 0. The maximum Gasteiger partial charge on any atom is 0.0916 e. The Kier molecular flexibility index (Phi) is 10.4. The van der Waals surface area contributed by atoms with E-state index in [-0.39, 0.29) is 0 Å². The predicted octanol–water partition coefficient (Wildman–Crippen LogP) is 6.89. The molecule has 1 rings (SSSR count). The van der Waals surface area contributed by atoms with Crippen molar-refractivity contribution in [2.75, 3.05) is 6.61 Å². The van der Waals surface area contributed by atoms with Crippen molar-refractivity contribution in [1.29, 1.82) is 0 Å². The lowest BCUT2D eigenvalue weighted by atomic mass is 9.94. The monoisotopic (exact) mass is 296 g/mol. The summed E-state index contributed by atoms with van der Waals surface area (Å²) in [4.78, 5) is 0. The molecule has 0 amide bonds. The maximum atomic E-state index is 5.78. The molecule has 1 fully saturated rings. The third-order valence-electron chi connectivity index (χ3n) is 4.95. The average molecular weight is 297 g/mol. The number of unbranched alkanes of at least 4 members (excludes halogenated alkanes) is 9. The van der Waals surface area contributed by atoms with Gasteiger partial charge in [0.25, 0.3) is 0 Å². The minimum atomic E-state index is 0.331. The molecule has 0 bridgehead atoms. The molecule has 0 N–H and O–H groups in total. The van der Waals surface area contributed by atoms with E-state index in [9.17, 15) is 0 Å². The molecule has 0 aromatic rings. The summed E-state index contributed by atoms with van der Waals surface area (Å²) in [6.45, 7) is 7.99. The number of rotatable bonds is 15. The average Bonchev–Trinajstić information content (AvgIpc) is 3.22. The summed E-state index contributed by atoms with van der Waals surface area (Å²) in [5.74, 6) is 0.860. The lowest BCUT2D eigenvalue weighted by Gasteiger charge is -2.12. The zero-order valence-corrected chi connectivity index (χ0v) is 15.1. The van der Waals surface area contributed by atoms with Gasteiger partial charge in [-0.3, -0.25) is 0 Å². The second-order valence-corrected chi connectivity index (χ2v) is 7.69. The van der Waals surface area contributed by atoms with Gasteiger partial charge < -0.3 is 4.74 Å². The molecular formula is C20H40O. The van der Waals surface area contributed by atoms with Crippen LogP contribution in [-0.4, -0.2) is 12.2 Å². The van der Waals surface area contributed by atoms with Crippen LogP contribution in [0.3, 0.4) is 0 Å². The topological polar surface area (TPSA) is 12.5 Å². The standard InChI is InChI=1S/C20H40O/c1-4-5-6-7-8-9-10-11-13-16-20(18-21-20)17-14-12-15-19(2)3/h19H,4-18H2,1-3H3. The van der Waals surface area contributed by atoms with E-state index in [2.05, 4.69) is 20.8 Å². The van der Waals surface area contributed by atoms with Crippen molar-refractivity contribution in [2.24, 2.45) is 5.92 Å². The van der Waals surface area contributed by atoms with Gasteiger partial charge in [-0.05, 0) is 18.8 Å². The number of hydrogen-bond donors (Lipinski definition) is 0. The summed E-state index contributed by atoms with van der Waals surface area (Å²) >= 11 is 0. The molecule has 21 heavy (non-hydrogen) atoms. The summed E-state index contributed by atoms with van der Waals surface area (Å²) in [7, 11) is 0. The first-order valence-corrected chi connectivity index (χ1v) is 9.82. The van der Waals surface area contributed by atoms with Gasteiger partial charge in [-0.1, -0.05) is 97.8 Å². The Morgan fingerprint density at radius 3 is 1.71 bits per heavy atom. The van der Waals surface area contributed by atoms with E-state index in [1.807, 2.05) is 0 Å². The van der Waals surface area contributed by atoms with E-state index >= 15 is 0 Å². The van der Waals surface area contributed by atoms with Crippen molar-refractivity contribution >= 4 is 0 Å². The van der Waals surface area contributed by atoms with Crippen LogP contribution >= 0.6 is 0 Å². The Morgan fingerprint density at radius 1 is 0.762 bits per heavy atom. The largest absolute Gasteiger partial charge is 0.370 e. The van der Waals surface area contributed by atoms with E-state index in [4.69, 9.17) is 4.74 Å². The van der Waals surface area contributed by atoms with Gasteiger partial charge in [0, 0.05) is 0 Å². The summed E-state index contributed by atoms with van der Waals surface area (Å²) in [5, 5.41) is 0. The number of hydrogen-bond acceptors (Lipinski definition) is 1. The van der Waals surface area contributed by atoms with E-state index in [0.717, 1.165) is 12.5 Å². The third kappa shape index (κ3) is 10.3. The molecule has 1 saturated heterocycles. The van der Waals surface area contributed by atoms with Gasteiger partial charge in [-0.15, -0.1) is 0 Å². The fraction of sp³-hybridized carbons (Fsp3) is 1.00. The van der Waals surface area contributed by atoms with E-state index in [0.29, 0.717) is 5.60 Å². The van der Waals surface area contributed by atoms with Gasteiger partial charge in [0.05, 0.1) is 12.2 Å². The maximum absolute atomic E-state index is 5.78. The first kappa shape index (κ1) is 19.0. The molecule has 0 spiro atoms. The number of ether oxygens (including phenoxy) is 1. The lowest BCUT2D eigenvalue weighted by molar-refractivity contribution is 0.259. The van der Waals surface area contributed by atoms with Gasteiger partial charge >= 0.3 is 0 Å². The molecule has 1 heterocycles. The van der Waals surface area contributed by atoms with Gasteiger partial charge in [-0.25, -0.2) is 0 Å². The second-order valence-electron chi connectivity index (χ2n) is 7.69. The zero-order chi connectivity index (χ0) is 15.4. The van der Waals surface area contributed by atoms with Crippen LogP contribution in [0.25, 0.3) is 0 Å². The van der Waals surface area contributed by atoms with Crippen molar-refractivity contribution in [1.82, 2.24) is 0 Å². The van der Waals surface area contributed by atoms with Gasteiger partial charge in [0.2, 0.25) is 0 Å². The van der Waals surface area contributed by atoms with Crippen LogP contribution < -0.4 is 0 Å². The van der Waals surface area contributed by atoms with Crippen molar-refractivity contribution in [3.63, 3.8) is 0 Å². The van der Waals surface area contributed by atoms with Crippen molar-refractivity contribution in [3.8, 4) is 0 Å². The van der Waals surface area contributed by atoms with Crippen LogP contribution in [-0.2, 0) is 4.74 Å². The van der Waals surface area contributed by atoms with E-state index < -0.39 is 0 Å². The Hall–Kier alpha value is -0.0400. The predicted molar refractivity (Wildman–Crippen MR) is 93.8 cm³/mol. The van der Waals surface area contributed by atoms with Crippen LogP contribution in [0.15, 0.2) is 0 Å². The quantitative estimate of drug-likeness (QED) is 0.237. The molecule has 1 aliphatic rings. The van der Waals surface area contributed by atoms with Gasteiger partial charge in [0.1, 0.15) is 0 Å². The molecular weight excluding hydrogens is 256 g/mol. The molecule has 0 radical (unpaired) electrons. The highest BCUT2D eigenvalue weighted by Crippen LogP contribution is 2.38. The summed E-state index contributed by atoms with van der Waals surface area (Å²) in [5.41, 5.74) is 0.331. The Morgan fingerprint density at radius 2 is 1.24 bits per heavy atom. The molecule has 126 valence electrons. The smallest absolute Gasteiger partial charge is 0.0916 e. The summed E-state index contributed by atoms with van der Waals surface area (Å²) in [6.07, 6.45) is 19.6. The fourth-order valence-electron chi connectivity index (χ4n) is 3.27. The molecule has 1 aliphatic heterocycles. The molecule has 0 aromatic heterocycles. The van der Waals surface area contributed by atoms with Crippen molar-refractivity contribution < 1.29 is 4.74 Å². The highest BCUT2D eigenvalue weighted by Gasteiger charge is 2.42. The minimum Gasteiger partial charge on any atom is -0.370 e. The Labute approximate surface area is 134 Å². The highest BCUT2D eigenvalue weighted by molar-refractivity contribution is 4.91. The first-order chi connectivity index (χ1) is 10.2. The molecule has 1 nitrogen and oxygen atoms in total. The van der Waals surface area contributed by atoms with Crippen LogP contribution in [0, 0.1) is 5.92 Å². The van der Waals surface area contributed by atoms with Crippen LogP contribution in [0.4, 0.5) is 0 Å². The molecule has 0 aliphatic carbocycles. The van der Waals surface area contributed by atoms with Gasteiger partial charge in [-0.2, -0.15) is 0 Å². The number of epoxide rings is 1. The van der Waals surface area contributed by atoms with E-state index in [1.165, 1.54) is 89.9 Å². The second kappa shape index (κ2) is 11.5. The molecule has 1 atom stereocenters. The fourth-order valence-corrected chi connectivity index (χ4v) is 3.27. The normalized spacial score (nSPS) is 21.1. The van der Waals surface area contributed by atoms with Crippen molar-refractivity contribution in [3.05, 3.63) is 0 Å². The van der Waals surface area contributed by atoms with Crippen LogP contribution in [0.2, 0.25) is 0 Å². The van der Waals surface area contributed by atoms with Crippen molar-refractivity contribution in [2.45, 2.75) is 116 Å². The minimum absolute atomic E-state index is 0.331. The van der Waals surface area contributed by atoms with E-state index in [1.54, 1.807) is 0 Å². The molecule has 1 heteroatoms. The lowest BCUT2D eigenvalue weighted by Crippen LogP contribution is -2.10. The highest BCUT2D eigenvalue weighted by atomic mass is 16.6. The Balaban J connectivity index is 1.86. The Bertz CT molecular complexity index is 230. The molecule has 0 saturated carbocycles. The molecule has 0 aromatic carbocycles. The molecule has 1 unspecified atom stereocenters. The summed E-state index contributed by atoms with van der Waals surface area (Å²) < 4.78 is 5.78. The van der Waals surface area contributed by atoms with Gasteiger partial charge in [0.15, 0.2) is 0 Å². The van der Waals surface area contributed by atoms with Crippen LogP contribution in [0.5, 0.6) is 0 Å². The first-order valence-electron chi connectivity index (χ1n) is 9.82. The third-order valence-corrected chi connectivity index (χ3v) is 4.95. The SMILES string of the molecule is CCCCCCCCCCCC1(CCCCC(C)C)CO1. The zero-order valence-electron chi connectivity index (χ0n) is 15.1. The van der Waals surface area contributed by atoms with Crippen LogP contribution in [0.1, 0.15) is 111 Å².